The van der Waals surface area contributed by atoms with Crippen molar-refractivity contribution in [3.05, 3.63) is 48.5 Å². The fourth-order valence-corrected chi connectivity index (χ4v) is 3.51. The Morgan fingerprint density at radius 2 is 1.93 bits per heavy atom. The largest absolute Gasteiger partial charge is 0.338 e. The number of amides is 2. The Kier molecular flexibility index (Phi) is 5.27. The molecule has 0 radical (unpaired) electrons. The van der Waals surface area contributed by atoms with Gasteiger partial charge in [-0.25, -0.2) is 9.78 Å². The molecule has 2 aromatic carbocycles. The van der Waals surface area contributed by atoms with Crippen molar-refractivity contribution in [2.24, 2.45) is 0 Å². The molecule has 0 bridgehead atoms. The highest BCUT2D eigenvalue weighted by molar-refractivity contribution is 5.89. The van der Waals surface area contributed by atoms with E-state index in [9.17, 15) is 4.79 Å². The maximum atomic E-state index is 12.2. The number of fused-ring (bicyclic) bond motifs is 1. The maximum absolute atomic E-state index is 12.2. The zero-order valence-corrected chi connectivity index (χ0v) is 16.3. The molecule has 3 N–H and O–H groups in total. The van der Waals surface area contributed by atoms with Gasteiger partial charge in [0.05, 0.1) is 11.0 Å². The van der Waals surface area contributed by atoms with Gasteiger partial charge in [-0.05, 0) is 50.5 Å². The van der Waals surface area contributed by atoms with Gasteiger partial charge in [0, 0.05) is 43.5 Å². The number of likely N-dealkylation sites (N-methyl/N-ethyl adjacent to an activating group) is 2. The van der Waals surface area contributed by atoms with Crippen molar-refractivity contribution in [3.63, 3.8) is 0 Å². The van der Waals surface area contributed by atoms with E-state index in [0.29, 0.717) is 12.6 Å². The molecule has 1 aliphatic rings. The first-order valence-electron chi connectivity index (χ1n) is 9.57. The van der Waals surface area contributed by atoms with Crippen LogP contribution in [0.1, 0.15) is 0 Å². The van der Waals surface area contributed by atoms with Crippen LogP contribution in [0.2, 0.25) is 0 Å². The number of aromatic nitrogens is 2. The van der Waals surface area contributed by atoms with Crippen LogP contribution in [0.15, 0.2) is 48.5 Å². The van der Waals surface area contributed by atoms with Crippen LogP contribution in [0.3, 0.4) is 0 Å². The van der Waals surface area contributed by atoms with Gasteiger partial charge in [0.15, 0.2) is 0 Å². The van der Waals surface area contributed by atoms with Crippen molar-refractivity contribution >= 4 is 22.8 Å². The smallest absolute Gasteiger partial charge is 0.319 e. The molecule has 2 heterocycles. The number of carbonyl (C=O) groups is 1. The molecule has 3 aromatic rings. The van der Waals surface area contributed by atoms with E-state index in [1.165, 1.54) is 0 Å². The van der Waals surface area contributed by atoms with Crippen LogP contribution in [-0.4, -0.2) is 72.1 Å². The summed E-state index contributed by atoms with van der Waals surface area (Å²) < 4.78 is 0. The molecule has 4 rings (SSSR count). The minimum atomic E-state index is -0.182. The monoisotopic (exact) mass is 378 g/mol. The van der Waals surface area contributed by atoms with Crippen molar-refractivity contribution in [2.45, 2.75) is 6.04 Å². The van der Waals surface area contributed by atoms with E-state index in [1.54, 1.807) is 0 Å². The minimum Gasteiger partial charge on any atom is -0.338 e. The Labute approximate surface area is 164 Å². The first-order chi connectivity index (χ1) is 13.6. The number of hydrogen-bond donors (Lipinski definition) is 3. The van der Waals surface area contributed by atoms with Gasteiger partial charge in [-0.3, -0.25) is 4.90 Å². The molecule has 1 aliphatic heterocycles. The first kappa shape index (κ1) is 18.5. The predicted octanol–water partition coefficient (Wildman–Crippen LogP) is 2.60. The fraction of sp³-hybridized carbons (Fsp3) is 0.333. The summed E-state index contributed by atoms with van der Waals surface area (Å²) >= 11 is 0. The topological polar surface area (TPSA) is 76.3 Å². The molecule has 7 heteroatoms. The molecule has 0 spiro atoms. The van der Waals surface area contributed by atoms with Crippen LogP contribution in [0.25, 0.3) is 22.4 Å². The van der Waals surface area contributed by atoms with E-state index in [0.717, 1.165) is 47.7 Å². The number of aromatic amines is 1. The Morgan fingerprint density at radius 3 is 2.71 bits per heavy atom. The Hall–Kier alpha value is -2.90. The number of benzene rings is 2. The van der Waals surface area contributed by atoms with Gasteiger partial charge >= 0.3 is 6.03 Å². The normalized spacial score (nSPS) is 18.3. The highest BCUT2D eigenvalue weighted by atomic mass is 16.2. The predicted molar refractivity (Wildman–Crippen MR) is 112 cm³/mol. The number of rotatable bonds is 4. The van der Waals surface area contributed by atoms with Crippen LogP contribution in [0.4, 0.5) is 10.5 Å². The third-order valence-corrected chi connectivity index (χ3v) is 5.28. The summed E-state index contributed by atoms with van der Waals surface area (Å²) in [6, 6.07) is 15.8. The minimum absolute atomic E-state index is 0.182. The third-order valence-electron chi connectivity index (χ3n) is 5.28. The van der Waals surface area contributed by atoms with Crippen molar-refractivity contribution < 1.29 is 4.79 Å². The molecule has 146 valence electrons. The second-order valence-corrected chi connectivity index (χ2v) is 7.41. The molecule has 1 saturated heterocycles. The molecule has 0 saturated carbocycles. The molecule has 7 nitrogen and oxygen atoms in total. The van der Waals surface area contributed by atoms with Gasteiger partial charge in [0.2, 0.25) is 0 Å². The lowest BCUT2D eigenvalue weighted by molar-refractivity contribution is 0.115. The van der Waals surface area contributed by atoms with Crippen molar-refractivity contribution in [3.8, 4) is 11.4 Å². The Bertz CT molecular complexity index is 918. The number of carbonyl (C=O) groups excluding carboxylic acids is 1. The SMILES string of the molecule is CN1CCN(C)[C@@H](CNC(=O)Nc2ccc(-c3nc4ccccc4[nH]3)cc2)C1. The molecule has 0 unspecified atom stereocenters. The maximum Gasteiger partial charge on any atom is 0.319 e. The van der Waals surface area contributed by atoms with Crippen molar-refractivity contribution in [1.29, 1.82) is 0 Å². The highest BCUT2D eigenvalue weighted by Crippen LogP contribution is 2.22. The van der Waals surface area contributed by atoms with E-state index in [4.69, 9.17) is 0 Å². The highest BCUT2D eigenvalue weighted by Gasteiger charge is 2.22. The van der Waals surface area contributed by atoms with E-state index in [1.807, 2.05) is 48.5 Å². The van der Waals surface area contributed by atoms with E-state index in [2.05, 4.69) is 44.5 Å². The molecule has 1 atom stereocenters. The van der Waals surface area contributed by atoms with Crippen LogP contribution in [-0.2, 0) is 0 Å². The van der Waals surface area contributed by atoms with Gasteiger partial charge < -0.3 is 20.5 Å². The number of nitrogens with one attached hydrogen (secondary N) is 3. The molecule has 28 heavy (non-hydrogen) atoms. The number of urea groups is 1. The third kappa shape index (κ3) is 4.16. The second-order valence-electron chi connectivity index (χ2n) is 7.41. The fourth-order valence-electron chi connectivity index (χ4n) is 3.51. The zero-order chi connectivity index (χ0) is 19.5. The van der Waals surface area contributed by atoms with E-state index >= 15 is 0 Å². The number of H-pyrrole nitrogens is 1. The molecule has 2 amide bonds. The molecule has 1 aromatic heterocycles. The van der Waals surface area contributed by atoms with Gasteiger partial charge in [0.1, 0.15) is 5.82 Å². The lowest BCUT2D eigenvalue weighted by Gasteiger charge is -2.37. The Morgan fingerprint density at radius 1 is 1.14 bits per heavy atom. The van der Waals surface area contributed by atoms with Gasteiger partial charge in [0.25, 0.3) is 0 Å². The summed E-state index contributed by atoms with van der Waals surface area (Å²) in [6.07, 6.45) is 0. The summed E-state index contributed by atoms with van der Waals surface area (Å²) in [5.41, 5.74) is 3.69. The summed E-state index contributed by atoms with van der Waals surface area (Å²) in [4.78, 5) is 24.8. The van der Waals surface area contributed by atoms with Crippen molar-refractivity contribution in [2.75, 3.05) is 45.6 Å². The van der Waals surface area contributed by atoms with Crippen LogP contribution >= 0.6 is 0 Å². The lowest BCUT2D eigenvalue weighted by atomic mass is 10.2. The van der Waals surface area contributed by atoms with E-state index < -0.39 is 0 Å². The summed E-state index contributed by atoms with van der Waals surface area (Å²) in [5, 5.41) is 5.88. The second kappa shape index (κ2) is 8.00. The average molecular weight is 378 g/mol. The summed E-state index contributed by atoms with van der Waals surface area (Å²) in [7, 11) is 4.22. The first-order valence-corrected chi connectivity index (χ1v) is 9.57. The van der Waals surface area contributed by atoms with Crippen molar-refractivity contribution in [1.82, 2.24) is 25.1 Å². The van der Waals surface area contributed by atoms with Gasteiger partial charge in [-0.2, -0.15) is 0 Å². The van der Waals surface area contributed by atoms with Crippen LogP contribution in [0.5, 0.6) is 0 Å². The lowest BCUT2D eigenvalue weighted by Crippen LogP contribution is -2.54. The van der Waals surface area contributed by atoms with Crippen LogP contribution < -0.4 is 10.6 Å². The quantitative estimate of drug-likeness (QED) is 0.652. The van der Waals surface area contributed by atoms with Crippen LogP contribution in [0, 0.1) is 0 Å². The number of anilines is 1. The summed E-state index contributed by atoms with van der Waals surface area (Å²) in [6.45, 7) is 3.68. The number of para-hydroxylation sites is 2. The average Bonchev–Trinajstić information content (AvgIpc) is 3.13. The standard InChI is InChI=1S/C21H26N6O/c1-26-11-12-27(2)17(14-26)13-22-21(28)23-16-9-7-15(8-10-16)20-24-18-5-3-4-6-19(18)25-20/h3-10,17H,11-14H2,1-2H3,(H,24,25)(H2,22,23,28)/t17-/m0/s1. The van der Waals surface area contributed by atoms with E-state index in [-0.39, 0.29) is 6.03 Å². The number of nitrogens with zero attached hydrogens (tertiary/aromatic N) is 3. The zero-order valence-electron chi connectivity index (χ0n) is 16.3. The van der Waals surface area contributed by atoms with Gasteiger partial charge in [-0.1, -0.05) is 12.1 Å². The van der Waals surface area contributed by atoms with Gasteiger partial charge in [-0.15, -0.1) is 0 Å². The molecule has 0 aliphatic carbocycles. The Balaban J connectivity index is 1.34. The molecular weight excluding hydrogens is 352 g/mol. The number of piperazine rings is 1. The number of hydrogen-bond acceptors (Lipinski definition) is 4. The summed E-state index contributed by atoms with van der Waals surface area (Å²) in [5.74, 6) is 0.821. The molecule has 1 fully saturated rings. The number of imidazole rings is 1. The molecular formula is C21H26N6O.